The van der Waals surface area contributed by atoms with Gasteiger partial charge in [-0.3, -0.25) is 4.79 Å². The number of nitrogens with zero attached hydrogens (tertiary/aromatic N) is 1. The van der Waals surface area contributed by atoms with E-state index in [1.807, 2.05) is 6.92 Å². The van der Waals surface area contributed by atoms with Crippen molar-refractivity contribution in [2.45, 2.75) is 32.2 Å². The summed E-state index contributed by atoms with van der Waals surface area (Å²) in [5, 5.41) is 3.08. The number of carbonyl (C=O) groups is 1. The molecule has 3 heteroatoms. The summed E-state index contributed by atoms with van der Waals surface area (Å²) in [5.41, 5.74) is 1.10. The van der Waals surface area contributed by atoms with Crippen molar-refractivity contribution in [1.82, 2.24) is 10.2 Å². The zero-order chi connectivity index (χ0) is 10.1. The van der Waals surface area contributed by atoms with Crippen LogP contribution in [-0.2, 0) is 4.79 Å². The molecular formula is C11H18N2O. The Morgan fingerprint density at radius 3 is 2.50 bits per heavy atom. The predicted molar refractivity (Wildman–Crippen MR) is 55.7 cm³/mol. The van der Waals surface area contributed by atoms with Crippen molar-refractivity contribution < 1.29 is 4.79 Å². The van der Waals surface area contributed by atoms with Gasteiger partial charge in [0.25, 0.3) is 0 Å². The molecular weight excluding hydrogens is 176 g/mol. The van der Waals surface area contributed by atoms with Gasteiger partial charge in [-0.25, -0.2) is 0 Å². The maximum atomic E-state index is 11.6. The molecule has 1 N–H and O–H groups in total. The lowest BCUT2D eigenvalue weighted by Crippen LogP contribution is -2.59. The van der Waals surface area contributed by atoms with Gasteiger partial charge in [0.15, 0.2) is 0 Å². The fourth-order valence-corrected chi connectivity index (χ4v) is 1.87. The van der Waals surface area contributed by atoms with Crippen molar-refractivity contribution in [2.75, 3.05) is 13.1 Å². The highest BCUT2D eigenvalue weighted by Gasteiger charge is 2.31. The summed E-state index contributed by atoms with van der Waals surface area (Å²) in [7, 11) is 0. The molecule has 0 spiro atoms. The maximum absolute atomic E-state index is 11.6. The standard InChI is InChI=1S/C11H18N2O/c1-8(2)13-6-10(7-13)12-11(14)9-4-3-5-9/h9-10H,1,3-7H2,2H3,(H,12,14). The number of amides is 1. The molecule has 0 radical (unpaired) electrons. The Hall–Kier alpha value is -0.990. The number of allylic oxidation sites excluding steroid dienone is 1. The average Bonchev–Trinajstić information content (AvgIpc) is 1.91. The maximum Gasteiger partial charge on any atom is 0.223 e. The topological polar surface area (TPSA) is 32.3 Å². The number of hydrogen-bond acceptors (Lipinski definition) is 2. The Labute approximate surface area is 85.2 Å². The molecule has 1 aliphatic carbocycles. The number of rotatable bonds is 3. The van der Waals surface area contributed by atoms with Crippen molar-refractivity contribution >= 4 is 5.91 Å². The van der Waals surface area contributed by atoms with Gasteiger partial charge < -0.3 is 10.2 Å². The van der Waals surface area contributed by atoms with Crippen LogP contribution in [0.2, 0.25) is 0 Å². The van der Waals surface area contributed by atoms with Gasteiger partial charge in [0.05, 0.1) is 6.04 Å². The minimum atomic E-state index is 0.266. The number of carbonyl (C=O) groups excluding carboxylic acids is 1. The van der Waals surface area contributed by atoms with Crippen LogP contribution in [0.5, 0.6) is 0 Å². The van der Waals surface area contributed by atoms with Crippen LogP contribution in [0.15, 0.2) is 12.3 Å². The highest BCUT2D eigenvalue weighted by Crippen LogP contribution is 2.26. The van der Waals surface area contributed by atoms with Gasteiger partial charge >= 0.3 is 0 Å². The molecule has 2 aliphatic rings. The van der Waals surface area contributed by atoms with E-state index >= 15 is 0 Å². The van der Waals surface area contributed by atoms with Crippen molar-refractivity contribution in [1.29, 1.82) is 0 Å². The minimum absolute atomic E-state index is 0.266. The lowest BCUT2D eigenvalue weighted by molar-refractivity contribution is -0.129. The van der Waals surface area contributed by atoms with Crippen molar-refractivity contribution in [3.63, 3.8) is 0 Å². The van der Waals surface area contributed by atoms with Gasteiger partial charge in [0, 0.05) is 24.7 Å². The molecule has 3 nitrogen and oxygen atoms in total. The molecule has 0 atom stereocenters. The summed E-state index contributed by atoms with van der Waals surface area (Å²) in [6, 6.07) is 0.361. The average molecular weight is 194 g/mol. The molecule has 0 bridgehead atoms. The van der Waals surface area contributed by atoms with Crippen LogP contribution in [0.3, 0.4) is 0 Å². The Morgan fingerprint density at radius 1 is 1.43 bits per heavy atom. The molecule has 0 unspecified atom stereocenters. The predicted octanol–water partition coefficient (Wildman–Crippen LogP) is 1.12. The summed E-state index contributed by atoms with van der Waals surface area (Å²) < 4.78 is 0. The third-order valence-corrected chi connectivity index (χ3v) is 3.24. The summed E-state index contributed by atoms with van der Waals surface area (Å²) in [6.07, 6.45) is 3.39. The molecule has 2 rings (SSSR count). The number of nitrogens with one attached hydrogen (secondary N) is 1. The first-order chi connectivity index (χ1) is 6.66. The largest absolute Gasteiger partial charge is 0.371 e. The van der Waals surface area contributed by atoms with E-state index in [-0.39, 0.29) is 5.91 Å². The van der Waals surface area contributed by atoms with Gasteiger partial charge in [-0.15, -0.1) is 0 Å². The zero-order valence-electron chi connectivity index (χ0n) is 8.75. The second-order valence-corrected chi connectivity index (χ2v) is 4.47. The first-order valence-electron chi connectivity index (χ1n) is 5.37. The van der Waals surface area contributed by atoms with Gasteiger partial charge in [0.2, 0.25) is 5.91 Å². The molecule has 1 aliphatic heterocycles. The van der Waals surface area contributed by atoms with Crippen LogP contribution < -0.4 is 5.32 Å². The van der Waals surface area contributed by atoms with E-state index in [4.69, 9.17) is 0 Å². The van der Waals surface area contributed by atoms with E-state index in [0.29, 0.717) is 12.0 Å². The molecule has 0 aromatic rings. The van der Waals surface area contributed by atoms with Crippen LogP contribution in [0, 0.1) is 5.92 Å². The lowest BCUT2D eigenvalue weighted by atomic mass is 9.84. The van der Waals surface area contributed by atoms with E-state index in [1.54, 1.807) is 0 Å². The Kier molecular flexibility index (Phi) is 2.48. The van der Waals surface area contributed by atoms with E-state index in [9.17, 15) is 4.79 Å². The molecule has 1 amide bonds. The fraction of sp³-hybridized carbons (Fsp3) is 0.727. The highest BCUT2D eigenvalue weighted by atomic mass is 16.2. The van der Waals surface area contributed by atoms with Crippen LogP contribution >= 0.6 is 0 Å². The van der Waals surface area contributed by atoms with E-state index in [0.717, 1.165) is 31.6 Å². The molecule has 1 saturated carbocycles. The smallest absolute Gasteiger partial charge is 0.223 e. The molecule has 14 heavy (non-hydrogen) atoms. The van der Waals surface area contributed by atoms with Crippen molar-refractivity contribution in [3.8, 4) is 0 Å². The van der Waals surface area contributed by atoms with Crippen LogP contribution in [0.25, 0.3) is 0 Å². The molecule has 0 aromatic heterocycles. The highest BCUT2D eigenvalue weighted by molar-refractivity contribution is 5.79. The molecule has 78 valence electrons. The molecule has 0 aromatic carbocycles. The van der Waals surface area contributed by atoms with E-state index < -0.39 is 0 Å². The Balaban J connectivity index is 1.68. The van der Waals surface area contributed by atoms with Gasteiger partial charge in [-0.1, -0.05) is 13.0 Å². The lowest BCUT2D eigenvalue weighted by Gasteiger charge is -2.42. The quantitative estimate of drug-likeness (QED) is 0.730. The first-order valence-corrected chi connectivity index (χ1v) is 5.37. The van der Waals surface area contributed by atoms with Crippen LogP contribution in [0.4, 0.5) is 0 Å². The minimum Gasteiger partial charge on any atom is -0.371 e. The van der Waals surface area contributed by atoms with Crippen molar-refractivity contribution in [2.24, 2.45) is 5.92 Å². The molecule has 1 heterocycles. The van der Waals surface area contributed by atoms with Gasteiger partial charge in [-0.2, -0.15) is 0 Å². The first kappa shape index (κ1) is 9.56. The van der Waals surface area contributed by atoms with Crippen LogP contribution in [-0.4, -0.2) is 29.9 Å². The third-order valence-electron chi connectivity index (χ3n) is 3.24. The Bertz CT molecular complexity index is 252. The summed E-state index contributed by atoms with van der Waals surface area (Å²) in [6.45, 7) is 7.75. The Morgan fingerprint density at radius 2 is 2.07 bits per heavy atom. The monoisotopic (exact) mass is 194 g/mol. The van der Waals surface area contributed by atoms with Crippen molar-refractivity contribution in [3.05, 3.63) is 12.3 Å². The number of likely N-dealkylation sites (tertiary alicyclic amines) is 1. The summed E-state index contributed by atoms with van der Waals surface area (Å²) in [5.74, 6) is 0.580. The third kappa shape index (κ3) is 1.76. The second kappa shape index (κ2) is 3.64. The van der Waals surface area contributed by atoms with Gasteiger partial charge in [-0.05, 0) is 19.8 Å². The SMILES string of the molecule is C=C(C)N1CC(NC(=O)C2CCC2)C1. The zero-order valence-corrected chi connectivity index (χ0v) is 8.75. The fourth-order valence-electron chi connectivity index (χ4n) is 1.87. The summed E-state index contributed by atoms with van der Waals surface area (Å²) in [4.78, 5) is 13.7. The van der Waals surface area contributed by atoms with E-state index in [2.05, 4.69) is 16.8 Å². The molecule has 1 saturated heterocycles. The number of hydrogen-bond donors (Lipinski definition) is 1. The second-order valence-electron chi connectivity index (χ2n) is 4.47. The summed E-state index contributed by atoms with van der Waals surface area (Å²) >= 11 is 0. The van der Waals surface area contributed by atoms with Crippen LogP contribution in [0.1, 0.15) is 26.2 Å². The van der Waals surface area contributed by atoms with E-state index in [1.165, 1.54) is 6.42 Å². The normalized spacial score (nSPS) is 22.5. The molecule has 2 fully saturated rings. The van der Waals surface area contributed by atoms with Gasteiger partial charge in [0.1, 0.15) is 0 Å².